The summed E-state index contributed by atoms with van der Waals surface area (Å²) in [6.07, 6.45) is 2.07. The Balaban J connectivity index is 0.00000312. The zero-order valence-corrected chi connectivity index (χ0v) is 17.3. The molecule has 0 spiro atoms. The molecule has 2 rings (SSSR count). The number of benzene rings is 1. The molecule has 0 radical (unpaired) electrons. The lowest BCUT2D eigenvalue weighted by Gasteiger charge is -2.36. The Morgan fingerprint density at radius 3 is 2.56 bits per heavy atom. The normalized spacial score (nSPS) is 18.4. The zero-order valence-electron chi connectivity index (χ0n) is 14.9. The monoisotopic (exact) mass is 431 g/mol. The zero-order chi connectivity index (χ0) is 17.7. The number of likely N-dealkylation sites (tertiary alicyclic amines) is 1. The van der Waals surface area contributed by atoms with Crippen LogP contribution in [-0.4, -0.2) is 48.9 Å². The Hall–Kier alpha value is -1.11. The molecule has 2 N–H and O–H groups in total. The first-order valence-corrected chi connectivity index (χ1v) is 9.24. The molecular formula is C18H27BrClN3O2. The number of carbonyl (C=O) groups excluding carboxylic acids is 2. The number of carbonyl (C=O) groups is 2. The van der Waals surface area contributed by atoms with Crippen molar-refractivity contribution in [2.75, 3.05) is 20.1 Å². The number of piperidine rings is 1. The number of amides is 2. The van der Waals surface area contributed by atoms with E-state index in [9.17, 15) is 9.59 Å². The molecule has 7 heteroatoms. The predicted molar refractivity (Wildman–Crippen MR) is 106 cm³/mol. The third kappa shape index (κ3) is 5.69. The first-order valence-electron chi connectivity index (χ1n) is 8.45. The van der Waals surface area contributed by atoms with E-state index in [4.69, 9.17) is 0 Å². The van der Waals surface area contributed by atoms with E-state index in [0.717, 1.165) is 23.9 Å². The number of nitrogens with one attached hydrogen (secondary N) is 2. The summed E-state index contributed by atoms with van der Waals surface area (Å²) in [6, 6.07) is 7.06. The Labute approximate surface area is 164 Å². The van der Waals surface area contributed by atoms with Crippen LogP contribution in [0.5, 0.6) is 0 Å². The maximum atomic E-state index is 12.9. The molecule has 25 heavy (non-hydrogen) atoms. The Kier molecular flexibility index (Phi) is 8.89. The lowest BCUT2D eigenvalue weighted by atomic mass is 9.99. The van der Waals surface area contributed by atoms with Crippen molar-refractivity contribution in [2.45, 2.75) is 38.8 Å². The van der Waals surface area contributed by atoms with Gasteiger partial charge < -0.3 is 15.5 Å². The van der Waals surface area contributed by atoms with Crippen molar-refractivity contribution in [3.05, 3.63) is 34.3 Å². The van der Waals surface area contributed by atoms with Crippen LogP contribution in [0.3, 0.4) is 0 Å². The topological polar surface area (TPSA) is 61.4 Å². The number of hydrogen-bond donors (Lipinski definition) is 2. The second-order valence-electron chi connectivity index (χ2n) is 6.59. The fourth-order valence-corrected chi connectivity index (χ4v) is 3.45. The summed E-state index contributed by atoms with van der Waals surface area (Å²) in [5, 5.41) is 6.17. The minimum atomic E-state index is -0.514. The number of hydrogen-bond acceptors (Lipinski definition) is 3. The fourth-order valence-electron chi connectivity index (χ4n) is 2.99. The summed E-state index contributed by atoms with van der Waals surface area (Å²) in [4.78, 5) is 27.4. The van der Waals surface area contributed by atoms with E-state index >= 15 is 0 Å². The maximum absolute atomic E-state index is 12.9. The van der Waals surface area contributed by atoms with E-state index in [1.807, 2.05) is 44.0 Å². The van der Waals surface area contributed by atoms with Gasteiger partial charge in [0.15, 0.2) is 0 Å². The molecular weight excluding hydrogens is 406 g/mol. The third-order valence-electron chi connectivity index (χ3n) is 4.48. The molecule has 0 bridgehead atoms. The molecule has 1 saturated heterocycles. The van der Waals surface area contributed by atoms with Crippen LogP contribution in [0, 0.1) is 5.92 Å². The summed E-state index contributed by atoms with van der Waals surface area (Å²) >= 11 is 3.39. The largest absolute Gasteiger partial charge is 0.340 e. The quantitative estimate of drug-likeness (QED) is 0.752. The number of likely N-dealkylation sites (N-methyl/N-ethyl adjacent to an activating group) is 1. The van der Waals surface area contributed by atoms with Gasteiger partial charge >= 0.3 is 0 Å². The van der Waals surface area contributed by atoms with Crippen molar-refractivity contribution in [3.8, 4) is 0 Å². The summed E-state index contributed by atoms with van der Waals surface area (Å²) in [6.45, 7) is 5.37. The van der Waals surface area contributed by atoms with Gasteiger partial charge in [0, 0.05) is 23.6 Å². The van der Waals surface area contributed by atoms with Gasteiger partial charge in [0.1, 0.15) is 6.04 Å². The third-order valence-corrected chi connectivity index (χ3v) is 5.17. The van der Waals surface area contributed by atoms with Crippen LogP contribution in [0.2, 0.25) is 0 Å². The van der Waals surface area contributed by atoms with Crippen molar-refractivity contribution < 1.29 is 9.59 Å². The predicted octanol–water partition coefficient (Wildman–Crippen LogP) is 2.84. The maximum Gasteiger partial charge on any atom is 0.253 e. The van der Waals surface area contributed by atoms with Crippen molar-refractivity contribution in [2.24, 2.45) is 5.92 Å². The highest BCUT2D eigenvalue weighted by atomic mass is 79.9. The highest BCUT2D eigenvalue weighted by Gasteiger charge is 2.31. The average molecular weight is 433 g/mol. The Morgan fingerprint density at radius 1 is 1.28 bits per heavy atom. The van der Waals surface area contributed by atoms with Crippen LogP contribution < -0.4 is 10.6 Å². The van der Waals surface area contributed by atoms with Gasteiger partial charge in [0.05, 0.1) is 5.56 Å². The Bertz CT molecular complexity index is 597. The smallest absolute Gasteiger partial charge is 0.253 e. The summed E-state index contributed by atoms with van der Waals surface area (Å²) in [5.74, 6) is -0.194. The summed E-state index contributed by atoms with van der Waals surface area (Å²) in [5.41, 5.74) is 0.544. The van der Waals surface area contributed by atoms with Gasteiger partial charge in [0.2, 0.25) is 5.91 Å². The standard InChI is InChI=1S/C18H26BrN3O2.ClH/c1-12(2)16(18(24)22-10-6-7-13(11-22)20-3)21-17(23)14-8-4-5-9-15(14)19;/h4-5,8-9,12-13,16,20H,6-7,10-11H2,1-3H3,(H,21,23);1H. The van der Waals surface area contributed by atoms with E-state index in [-0.39, 0.29) is 30.1 Å². The lowest BCUT2D eigenvalue weighted by molar-refractivity contribution is -0.135. The van der Waals surface area contributed by atoms with Crippen LogP contribution in [0.4, 0.5) is 0 Å². The second-order valence-corrected chi connectivity index (χ2v) is 7.44. The van der Waals surface area contributed by atoms with E-state index in [0.29, 0.717) is 18.2 Å². The van der Waals surface area contributed by atoms with Gasteiger partial charge in [-0.2, -0.15) is 0 Å². The molecule has 1 aromatic rings. The molecule has 140 valence electrons. The SMILES string of the molecule is CNC1CCCN(C(=O)C(NC(=O)c2ccccc2Br)C(C)C)C1.Cl. The molecule has 1 aromatic carbocycles. The highest BCUT2D eigenvalue weighted by molar-refractivity contribution is 9.10. The van der Waals surface area contributed by atoms with Crippen LogP contribution in [-0.2, 0) is 4.79 Å². The fraction of sp³-hybridized carbons (Fsp3) is 0.556. The van der Waals surface area contributed by atoms with E-state index in [1.54, 1.807) is 6.07 Å². The van der Waals surface area contributed by atoms with E-state index < -0.39 is 6.04 Å². The summed E-state index contributed by atoms with van der Waals surface area (Å²) in [7, 11) is 1.92. The molecule has 2 atom stereocenters. The first kappa shape index (κ1) is 21.9. The highest BCUT2D eigenvalue weighted by Crippen LogP contribution is 2.18. The van der Waals surface area contributed by atoms with Crippen LogP contribution in [0.15, 0.2) is 28.7 Å². The minimum Gasteiger partial charge on any atom is -0.340 e. The van der Waals surface area contributed by atoms with Crippen molar-refractivity contribution in [1.82, 2.24) is 15.5 Å². The molecule has 1 fully saturated rings. The molecule has 2 amide bonds. The summed E-state index contributed by atoms with van der Waals surface area (Å²) < 4.78 is 0.727. The first-order chi connectivity index (χ1) is 11.4. The van der Waals surface area contributed by atoms with Gasteiger partial charge in [-0.25, -0.2) is 0 Å². The van der Waals surface area contributed by atoms with Gasteiger partial charge in [0.25, 0.3) is 5.91 Å². The molecule has 1 aliphatic rings. The van der Waals surface area contributed by atoms with Crippen LogP contribution in [0.1, 0.15) is 37.0 Å². The lowest BCUT2D eigenvalue weighted by Crippen LogP contribution is -2.55. The number of rotatable bonds is 5. The Morgan fingerprint density at radius 2 is 1.96 bits per heavy atom. The molecule has 1 aliphatic heterocycles. The molecule has 0 aliphatic carbocycles. The van der Waals surface area contributed by atoms with Crippen molar-refractivity contribution in [3.63, 3.8) is 0 Å². The average Bonchev–Trinajstić information content (AvgIpc) is 2.59. The second kappa shape index (κ2) is 10.1. The van der Waals surface area contributed by atoms with E-state index in [2.05, 4.69) is 26.6 Å². The van der Waals surface area contributed by atoms with Crippen molar-refractivity contribution in [1.29, 1.82) is 0 Å². The molecule has 0 aromatic heterocycles. The molecule has 1 heterocycles. The molecule has 0 saturated carbocycles. The van der Waals surface area contributed by atoms with Crippen LogP contribution >= 0.6 is 28.3 Å². The van der Waals surface area contributed by atoms with Gasteiger partial charge in [-0.1, -0.05) is 26.0 Å². The van der Waals surface area contributed by atoms with Gasteiger partial charge in [-0.05, 0) is 53.9 Å². The molecule has 2 unspecified atom stereocenters. The van der Waals surface area contributed by atoms with Crippen molar-refractivity contribution >= 4 is 40.2 Å². The molecule has 5 nitrogen and oxygen atoms in total. The van der Waals surface area contributed by atoms with Crippen LogP contribution in [0.25, 0.3) is 0 Å². The number of nitrogens with zero attached hydrogens (tertiary/aromatic N) is 1. The van der Waals surface area contributed by atoms with Gasteiger partial charge in [-0.15, -0.1) is 12.4 Å². The van der Waals surface area contributed by atoms with Gasteiger partial charge in [-0.3, -0.25) is 9.59 Å². The number of halogens is 2. The van der Waals surface area contributed by atoms with E-state index in [1.165, 1.54) is 0 Å². The minimum absolute atomic E-state index is 0.